The second-order valence-electron chi connectivity index (χ2n) is 9.33. The molecule has 0 spiro atoms. The Hall–Kier alpha value is -3.70. The highest BCUT2D eigenvalue weighted by molar-refractivity contribution is 6.16. The number of nitrogens with two attached hydrogens (primary N) is 1. The normalized spacial score (nSPS) is 17.4. The van der Waals surface area contributed by atoms with Crippen LogP contribution in [0.3, 0.4) is 0 Å². The van der Waals surface area contributed by atoms with E-state index in [1.165, 1.54) is 0 Å². The summed E-state index contributed by atoms with van der Waals surface area (Å²) < 4.78 is 77.1. The van der Waals surface area contributed by atoms with E-state index in [0.29, 0.717) is 22.4 Å². The lowest BCUT2D eigenvalue weighted by Gasteiger charge is -2.26. The third-order valence-corrected chi connectivity index (χ3v) is 6.43. The molecule has 210 valence electrons. The molecule has 1 heterocycles. The van der Waals surface area contributed by atoms with Crippen molar-refractivity contribution in [3.05, 3.63) is 71.3 Å². The number of hydrogen-bond donors (Lipinski definition) is 2. The average Bonchev–Trinajstić information content (AvgIpc) is 2.98. The molecule has 1 aliphatic rings. The SMILES string of the molecule is NC(=O)[C@@H](CCCC(F)(F)F)[C@@H](CCC(F)(F)F)C(=O)N[C@H]1N=C(c2ccccc2)c2ccccc2CC1=O. The van der Waals surface area contributed by atoms with Gasteiger partial charge in [-0.25, -0.2) is 0 Å². The third-order valence-electron chi connectivity index (χ3n) is 6.43. The number of carbonyl (C=O) groups is 3. The van der Waals surface area contributed by atoms with Gasteiger partial charge < -0.3 is 11.1 Å². The number of primary amides is 1. The number of Topliss-reactive ketones (excluding diaryl/α,β-unsaturated/α-hetero) is 1. The van der Waals surface area contributed by atoms with Gasteiger partial charge in [0, 0.05) is 42.2 Å². The van der Waals surface area contributed by atoms with Gasteiger partial charge in [0.15, 0.2) is 11.9 Å². The van der Waals surface area contributed by atoms with E-state index in [2.05, 4.69) is 10.3 Å². The zero-order valence-electron chi connectivity index (χ0n) is 20.7. The average molecular weight is 556 g/mol. The number of halogens is 6. The van der Waals surface area contributed by atoms with Crippen molar-refractivity contribution < 1.29 is 40.7 Å². The van der Waals surface area contributed by atoms with Gasteiger partial charge in [0.2, 0.25) is 11.8 Å². The van der Waals surface area contributed by atoms with Crippen LogP contribution in [0.5, 0.6) is 0 Å². The van der Waals surface area contributed by atoms with Crippen molar-refractivity contribution in [2.45, 2.75) is 57.0 Å². The smallest absolute Gasteiger partial charge is 0.369 e. The van der Waals surface area contributed by atoms with Crippen LogP contribution in [-0.2, 0) is 20.8 Å². The number of alkyl halides is 6. The van der Waals surface area contributed by atoms with Crippen LogP contribution in [-0.4, -0.2) is 41.8 Å². The lowest BCUT2D eigenvalue weighted by Crippen LogP contribution is -2.47. The Morgan fingerprint density at radius 2 is 1.51 bits per heavy atom. The highest BCUT2D eigenvalue weighted by Gasteiger charge is 2.39. The first-order valence-electron chi connectivity index (χ1n) is 12.2. The van der Waals surface area contributed by atoms with Crippen LogP contribution in [0.15, 0.2) is 59.6 Å². The highest BCUT2D eigenvalue weighted by Crippen LogP contribution is 2.32. The topological polar surface area (TPSA) is 102 Å². The molecule has 0 fully saturated rings. The molecule has 0 bridgehead atoms. The number of benzene rings is 2. The molecular weight excluding hydrogens is 528 g/mol. The predicted octanol–water partition coefficient (Wildman–Crippen LogP) is 4.88. The molecule has 2 aromatic carbocycles. The first-order chi connectivity index (χ1) is 18.2. The number of hydrogen-bond acceptors (Lipinski definition) is 4. The fourth-order valence-corrected chi connectivity index (χ4v) is 4.54. The predicted molar refractivity (Wildman–Crippen MR) is 131 cm³/mol. The zero-order valence-corrected chi connectivity index (χ0v) is 20.7. The van der Waals surface area contributed by atoms with Crippen molar-refractivity contribution in [1.82, 2.24) is 5.32 Å². The van der Waals surface area contributed by atoms with Gasteiger partial charge in [-0.1, -0.05) is 54.6 Å². The minimum atomic E-state index is -4.70. The Morgan fingerprint density at radius 3 is 2.13 bits per heavy atom. The molecule has 0 aliphatic carbocycles. The number of carbonyl (C=O) groups excluding carboxylic acids is 3. The van der Waals surface area contributed by atoms with Crippen LogP contribution in [0.4, 0.5) is 26.3 Å². The van der Waals surface area contributed by atoms with Crippen molar-refractivity contribution in [2.75, 3.05) is 0 Å². The molecule has 6 nitrogen and oxygen atoms in total. The number of nitrogens with zero attached hydrogens (tertiary/aromatic N) is 1. The van der Waals surface area contributed by atoms with Crippen molar-refractivity contribution in [3.8, 4) is 0 Å². The summed E-state index contributed by atoms with van der Waals surface area (Å²) in [5.74, 6) is -6.19. The number of aliphatic imine (C=N–C) groups is 1. The molecule has 0 radical (unpaired) electrons. The van der Waals surface area contributed by atoms with Crippen LogP contribution in [0.1, 0.15) is 48.8 Å². The van der Waals surface area contributed by atoms with E-state index in [1.54, 1.807) is 54.6 Å². The molecule has 3 rings (SSSR count). The van der Waals surface area contributed by atoms with Crippen LogP contribution >= 0.6 is 0 Å². The number of rotatable bonds is 10. The number of fused-ring (bicyclic) bond motifs is 1. The summed E-state index contributed by atoms with van der Waals surface area (Å²) in [4.78, 5) is 42.9. The maximum atomic E-state index is 13.3. The minimum Gasteiger partial charge on any atom is -0.369 e. The second-order valence-corrected chi connectivity index (χ2v) is 9.33. The van der Waals surface area contributed by atoms with Gasteiger partial charge in [0.1, 0.15) is 0 Å². The Bertz CT molecular complexity index is 1210. The number of nitrogens with one attached hydrogen (secondary N) is 1. The summed E-state index contributed by atoms with van der Waals surface area (Å²) in [6.45, 7) is 0. The van der Waals surface area contributed by atoms with E-state index in [4.69, 9.17) is 5.73 Å². The molecule has 0 saturated heterocycles. The molecule has 0 saturated carbocycles. The van der Waals surface area contributed by atoms with E-state index >= 15 is 0 Å². The van der Waals surface area contributed by atoms with E-state index in [0.717, 1.165) is 0 Å². The largest absolute Gasteiger partial charge is 0.389 e. The first kappa shape index (κ1) is 29.9. The molecule has 1 aliphatic heterocycles. The van der Waals surface area contributed by atoms with Gasteiger partial charge in [0.05, 0.1) is 5.71 Å². The van der Waals surface area contributed by atoms with Gasteiger partial charge in [-0.2, -0.15) is 26.3 Å². The van der Waals surface area contributed by atoms with Gasteiger partial charge in [0.25, 0.3) is 0 Å². The molecule has 3 atom stereocenters. The molecule has 12 heteroatoms. The maximum Gasteiger partial charge on any atom is 0.389 e. The molecule has 3 N–H and O–H groups in total. The second kappa shape index (κ2) is 12.4. The van der Waals surface area contributed by atoms with Crippen molar-refractivity contribution >= 4 is 23.3 Å². The summed E-state index contributed by atoms with van der Waals surface area (Å²) in [5.41, 5.74) is 7.57. The van der Waals surface area contributed by atoms with Crippen LogP contribution in [0.25, 0.3) is 0 Å². The molecule has 2 aromatic rings. The van der Waals surface area contributed by atoms with Crippen LogP contribution in [0, 0.1) is 11.8 Å². The lowest BCUT2D eigenvalue weighted by molar-refractivity contribution is -0.147. The maximum absolute atomic E-state index is 13.3. The van der Waals surface area contributed by atoms with Gasteiger partial charge in [-0.05, 0) is 24.8 Å². The zero-order chi connectivity index (χ0) is 28.8. The number of amides is 2. The third kappa shape index (κ3) is 8.66. The molecule has 0 aromatic heterocycles. The van der Waals surface area contributed by atoms with E-state index in [9.17, 15) is 40.7 Å². The summed E-state index contributed by atoms with van der Waals surface area (Å²) >= 11 is 0. The first-order valence-corrected chi connectivity index (χ1v) is 12.2. The summed E-state index contributed by atoms with van der Waals surface area (Å²) in [7, 11) is 0. The molecule has 39 heavy (non-hydrogen) atoms. The Kier molecular flexibility index (Phi) is 9.52. The van der Waals surface area contributed by atoms with Crippen molar-refractivity contribution in [3.63, 3.8) is 0 Å². The standard InChI is InChI=1S/C27H27F6N3O3/c28-26(29,30)13-6-11-19(23(34)38)20(12-14-27(31,32)33)25(39)36-24-21(37)15-17-9-4-5-10-18(17)22(35-24)16-7-2-1-3-8-16/h1-5,7-10,19-20,24H,6,11-15H2,(H2,34,38)(H,36,39)/t19-,20+,24+/m0/s1. The van der Waals surface area contributed by atoms with Crippen LogP contribution in [0.2, 0.25) is 0 Å². The van der Waals surface area contributed by atoms with Crippen molar-refractivity contribution in [2.24, 2.45) is 22.6 Å². The monoisotopic (exact) mass is 555 g/mol. The quantitative estimate of drug-likeness (QED) is 0.409. The Morgan fingerprint density at radius 1 is 0.897 bits per heavy atom. The fourth-order valence-electron chi connectivity index (χ4n) is 4.54. The molecular formula is C27H27F6N3O3. The van der Waals surface area contributed by atoms with Gasteiger partial charge in [-0.3, -0.25) is 19.4 Å². The minimum absolute atomic E-state index is 0.140. The van der Waals surface area contributed by atoms with E-state index in [1.807, 2.05) is 0 Å². The van der Waals surface area contributed by atoms with Crippen LogP contribution < -0.4 is 11.1 Å². The van der Waals surface area contributed by atoms with Gasteiger partial charge >= 0.3 is 12.4 Å². The van der Waals surface area contributed by atoms with Gasteiger partial charge in [-0.15, -0.1) is 0 Å². The summed E-state index contributed by atoms with van der Waals surface area (Å²) in [5, 5.41) is 2.35. The Balaban J connectivity index is 1.93. The summed E-state index contributed by atoms with van der Waals surface area (Å²) in [6, 6.07) is 15.6. The lowest BCUT2D eigenvalue weighted by atomic mass is 9.83. The summed E-state index contributed by atoms with van der Waals surface area (Å²) in [6.07, 6.45) is -15.7. The number of ketones is 1. The van der Waals surface area contributed by atoms with E-state index in [-0.39, 0.29) is 6.42 Å². The van der Waals surface area contributed by atoms with E-state index < -0.39 is 80.1 Å². The Labute approximate surface area is 220 Å². The molecule has 0 unspecified atom stereocenters. The fraction of sp³-hybridized carbons (Fsp3) is 0.407. The molecule has 2 amide bonds. The highest BCUT2D eigenvalue weighted by atomic mass is 19.4. The van der Waals surface area contributed by atoms with Crippen molar-refractivity contribution in [1.29, 1.82) is 0 Å².